The normalized spacial score (nSPS) is 16.3. The number of rotatable bonds is 10. The van der Waals surface area contributed by atoms with Crippen LogP contribution in [0.1, 0.15) is 84.6 Å². The highest BCUT2D eigenvalue weighted by atomic mass is 35.5. The molecule has 1 aliphatic heterocycles. The summed E-state index contributed by atoms with van der Waals surface area (Å²) in [6, 6.07) is 11.3. The van der Waals surface area contributed by atoms with Crippen LogP contribution in [0, 0.1) is 0 Å². The van der Waals surface area contributed by atoms with Gasteiger partial charge in [0.2, 0.25) is 11.8 Å². The van der Waals surface area contributed by atoms with Crippen LogP contribution in [-0.2, 0) is 16.1 Å². The molecule has 0 aromatic heterocycles. The van der Waals surface area contributed by atoms with Crippen molar-refractivity contribution in [3.05, 3.63) is 69.2 Å². The Morgan fingerprint density at radius 1 is 0.974 bits per heavy atom. The van der Waals surface area contributed by atoms with E-state index in [-0.39, 0.29) is 55.6 Å². The molecule has 0 unspecified atom stereocenters. The molecule has 2 aliphatic rings. The van der Waals surface area contributed by atoms with Crippen LogP contribution in [0.5, 0.6) is 0 Å². The highest BCUT2D eigenvalue weighted by Crippen LogP contribution is 2.28. The molecule has 4 rings (SSSR count). The summed E-state index contributed by atoms with van der Waals surface area (Å²) in [6.07, 6.45) is 5.96. The Labute approximate surface area is 233 Å². The molecule has 0 radical (unpaired) electrons. The average Bonchev–Trinajstić information content (AvgIpc) is 3.15. The molecule has 7 nitrogen and oxygen atoms in total. The van der Waals surface area contributed by atoms with Crippen molar-refractivity contribution in [2.24, 2.45) is 0 Å². The number of halogens is 2. The van der Waals surface area contributed by atoms with Gasteiger partial charge in [-0.15, -0.1) is 0 Å². The fourth-order valence-corrected chi connectivity index (χ4v) is 5.81. The average molecular weight is 559 g/mol. The highest BCUT2D eigenvalue weighted by molar-refractivity contribution is 6.36. The second-order valence-electron chi connectivity index (χ2n) is 9.90. The fraction of sp³-hybridized carbons (Fsp3) is 0.448. The number of nitrogens with zero attached hydrogens (tertiary/aromatic N) is 2. The molecule has 9 heteroatoms. The van der Waals surface area contributed by atoms with E-state index in [2.05, 4.69) is 5.32 Å². The number of carbonyl (C=O) groups is 4. The third kappa shape index (κ3) is 6.21. The van der Waals surface area contributed by atoms with Crippen molar-refractivity contribution in [3.8, 4) is 0 Å². The molecule has 1 heterocycles. The predicted octanol–water partition coefficient (Wildman–Crippen LogP) is 5.63. The first-order chi connectivity index (χ1) is 18.3. The number of imide groups is 1. The lowest BCUT2D eigenvalue weighted by molar-refractivity contribution is -0.141. The molecule has 4 amide bonds. The van der Waals surface area contributed by atoms with E-state index in [4.69, 9.17) is 23.2 Å². The smallest absolute Gasteiger partial charge is 0.261 e. The summed E-state index contributed by atoms with van der Waals surface area (Å²) in [6.45, 7) is 2.07. The first-order valence-electron chi connectivity index (χ1n) is 13.3. The van der Waals surface area contributed by atoms with E-state index in [1.54, 1.807) is 42.5 Å². The van der Waals surface area contributed by atoms with Crippen LogP contribution < -0.4 is 5.32 Å². The van der Waals surface area contributed by atoms with Crippen LogP contribution in [0.2, 0.25) is 10.0 Å². The number of fused-ring (bicyclic) bond motifs is 1. The lowest BCUT2D eigenvalue weighted by Crippen LogP contribution is -2.51. The monoisotopic (exact) mass is 557 g/mol. The van der Waals surface area contributed by atoms with Crippen molar-refractivity contribution in [2.45, 2.75) is 76.9 Å². The summed E-state index contributed by atoms with van der Waals surface area (Å²) in [7, 11) is 0. The van der Waals surface area contributed by atoms with Crippen molar-refractivity contribution in [1.82, 2.24) is 15.1 Å². The topological polar surface area (TPSA) is 86.8 Å². The predicted molar refractivity (Wildman–Crippen MR) is 147 cm³/mol. The largest absolute Gasteiger partial charge is 0.352 e. The van der Waals surface area contributed by atoms with E-state index in [9.17, 15) is 19.2 Å². The lowest BCUT2D eigenvalue weighted by atomic mass is 9.95. The molecule has 0 spiro atoms. The molecule has 1 atom stereocenters. The third-order valence-electron chi connectivity index (χ3n) is 7.38. The number of hydrogen-bond donors (Lipinski definition) is 1. The second-order valence-corrected chi connectivity index (χ2v) is 10.7. The summed E-state index contributed by atoms with van der Waals surface area (Å²) in [5.74, 6) is -1.15. The Bertz CT molecular complexity index is 1160. The van der Waals surface area contributed by atoms with E-state index in [0.29, 0.717) is 33.2 Å². The molecule has 202 valence electrons. The number of carbonyl (C=O) groups excluding carboxylic acids is 4. The Balaban J connectivity index is 1.47. The molecule has 0 saturated heterocycles. The van der Waals surface area contributed by atoms with Gasteiger partial charge < -0.3 is 10.2 Å². The van der Waals surface area contributed by atoms with Gasteiger partial charge in [0.05, 0.1) is 11.1 Å². The highest BCUT2D eigenvalue weighted by Gasteiger charge is 2.35. The zero-order valence-electron chi connectivity index (χ0n) is 21.6. The molecule has 38 heavy (non-hydrogen) atoms. The van der Waals surface area contributed by atoms with Crippen molar-refractivity contribution in [3.63, 3.8) is 0 Å². The van der Waals surface area contributed by atoms with Gasteiger partial charge in [-0.05, 0) is 49.9 Å². The summed E-state index contributed by atoms with van der Waals surface area (Å²) in [5, 5.41) is 3.99. The Morgan fingerprint density at radius 3 is 2.16 bits per heavy atom. The number of hydrogen-bond acceptors (Lipinski definition) is 4. The SMILES string of the molecule is CC[C@@H](C(=O)NC1CCCCC1)N(Cc1c(Cl)cccc1Cl)C(=O)CCCN1C(=O)c2ccccc2C1=O. The maximum absolute atomic E-state index is 13.6. The summed E-state index contributed by atoms with van der Waals surface area (Å²) in [4.78, 5) is 55.1. The number of amides is 4. The van der Waals surface area contributed by atoms with Gasteiger partial charge in [0.15, 0.2) is 0 Å². The minimum Gasteiger partial charge on any atom is -0.352 e. The van der Waals surface area contributed by atoms with Gasteiger partial charge >= 0.3 is 0 Å². The number of benzene rings is 2. The van der Waals surface area contributed by atoms with Crippen LogP contribution in [0.15, 0.2) is 42.5 Å². The molecule has 0 bridgehead atoms. The maximum Gasteiger partial charge on any atom is 0.261 e. The van der Waals surface area contributed by atoms with Gasteiger partial charge in [0, 0.05) is 41.2 Å². The summed E-state index contributed by atoms with van der Waals surface area (Å²) < 4.78 is 0. The van der Waals surface area contributed by atoms with Crippen LogP contribution in [0.3, 0.4) is 0 Å². The van der Waals surface area contributed by atoms with Crippen molar-refractivity contribution < 1.29 is 19.2 Å². The molecule has 2 aromatic rings. The van der Waals surface area contributed by atoms with E-state index in [1.807, 2.05) is 6.92 Å². The van der Waals surface area contributed by atoms with E-state index >= 15 is 0 Å². The third-order valence-corrected chi connectivity index (χ3v) is 8.09. The van der Waals surface area contributed by atoms with E-state index < -0.39 is 6.04 Å². The van der Waals surface area contributed by atoms with Crippen LogP contribution in [-0.4, -0.2) is 52.1 Å². The summed E-state index contributed by atoms with van der Waals surface area (Å²) in [5.41, 5.74) is 1.34. The molecule has 1 N–H and O–H groups in total. The van der Waals surface area contributed by atoms with Crippen LogP contribution in [0.4, 0.5) is 0 Å². The zero-order chi connectivity index (χ0) is 27.2. The van der Waals surface area contributed by atoms with Gasteiger partial charge in [-0.1, -0.05) is 67.6 Å². The Kier molecular flexibility index (Phi) is 9.44. The first kappa shape index (κ1) is 28.1. The molecule has 1 aliphatic carbocycles. The lowest BCUT2D eigenvalue weighted by Gasteiger charge is -2.33. The fourth-order valence-electron chi connectivity index (χ4n) is 5.29. The minimum atomic E-state index is -0.698. The van der Waals surface area contributed by atoms with Gasteiger partial charge in [-0.3, -0.25) is 24.1 Å². The van der Waals surface area contributed by atoms with Crippen molar-refractivity contribution in [1.29, 1.82) is 0 Å². The molecular weight excluding hydrogens is 525 g/mol. The molecule has 1 fully saturated rings. The van der Waals surface area contributed by atoms with Gasteiger partial charge in [-0.25, -0.2) is 0 Å². The maximum atomic E-state index is 13.6. The molecule has 2 aromatic carbocycles. The van der Waals surface area contributed by atoms with Crippen molar-refractivity contribution >= 4 is 46.8 Å². The zero-order valence-corrected chi connectivity index (χ0v) is 23.1. The molecular formula is C29H33Cl2N3O4. The van der Waals surface area contributed by atoms with E-state index in [1.165, 1.54) is 16.2 Å². The Morgan fingerprint density at radius 2 is 1.58 bits per heavy atom. The van der Waals surface area contributed by atoms with Gasteiger partial charge in [0.1, 0.15) is 6.04 Å². The summed E-state index contributed by atoms with van der Waals surface area (Å²) >= 11 is 12.8. The van der Waals surface area contributed by atoms with Crippen LogP contribution in [0.25, 0.3) is 0 Å². The Hall–Kier alpha value is -2.90. The van der Waals surface area contributed by atoms with Gasteiger partial charge in [0.25, 0.3) is 11.8 Å². The quantitative estimate of drug-likeness (QED) is 0.383. The van der Waals surface area contributed by atoms with Crippen molar-refractivity contribution in [2.75, 3.05) is 6.54 Å². The second kappa shape index (κ2) is 12.8. The minimum absolute atomic E-state index is 0.0582. The van der Waals surface area contributed by atoms with E-state index in [0.717, 1.165) is 25.7 Å². The molecule has 1 saturated carbocycles. The number of nitrogens with one attached hydrogen (secondary N) is 1. The standard InChI is InChI=1S/C29H33Cl2N3O4/c1-2-25(27(36)32-19-10-4-3-5-11-19)34(18-22-23(30)14-8-15-24(22)31)26(35)16-9-17-33-28(37)20-12-6-7-13-21(20)29(33)38/h6-8,12-15,19,25H,2-5,9-11,16-18H2,1H3,(H,32,36)/t25-/m0/s1. The van der Waals surface area contributed by atoms with Crippen LogP contribution >= 0.6 is 23.2 Å². The van der Waals surface area contributed by atoms with Gasteiger partial charge in [-0.2, -0.15) is 0 Å². The first-order valence-corrected chi connectivity index (χ1v) is 14.0.